The lowest BCUT2D eigenvalue weighted by Gasteiger charge is -2.15. The molecule has 0 aromatic heterocycles. The molecule has 0 radical (unpaired) electrons. The highest BCUT2D eigenvalue weighted by Gasteiger charge is 2.18. The number of sulfonamides is 1. The monoisotopic (exact) mass is 458 g/mol. The molecule has 3 rings (SSSR count). The molecule has 0 saturated heterocycles. The lowest BCUT2D eigenvalue weighted by molar-refractivity contribution is -0.122. The summed E-state index contributed by atoms with van der Waals surface area (Å²) in [6, 6.07) is 18.3. The summed E-state index contributed by atoms with van der Waals surface area (Å²) >= 11 is 6.06. The third kappa shape index (κ3) is 5.77. The fourth-order valence-electron chi connectivity index (χ4n) is 2.83. The van der Waals surface area contributed by atoms with E-state index in [-0.39, 0.29) is 10.8 Å². The van der Waals surface area contributed by atoms with Crippen LogP contribution in [0.1, 0.15) is 18.1 Å². The van der Waals surface area contributed by atoms with Crippen LogP contribution < -0.4 is 14.8 Å². The molecule has 1 amide bonds. The van der Waals surface area contributed by atoms with Gasteiger partial charge in [0.25, 0.3) is 15.9 Å². The first kappa shape index (κ1) is 22.7. The molecule has 0 heterocycles. The maximum absolute atomic E-state index is 12.7. The van der Waals surface area contributed by atoms with Gasteiger partial charge in [0.2, 0.25) is 0 Å². The fraction of sp³-hybridized carbons (Fsp3) is 0.174. The number of aryl methyl sites for hydroxylation is 1. The quantitative estimate of drug-likeness (QED) is 0.512. The van der Waals surface area contributed by atoms with Crippen LogP contribution in [0.3, 0.4) is 0 Å². The number of halogens is 1. The molecule has 2 N–H and O–H groups in total. The highest BCUT2D eigenvalue weighted by molar-refractivity contribution is 7.92. The number of anilines is 2. The van der Waals surface area contributed by atoms with Gasteiger partial charge in [-0.1, -0.05) is 29.8 Å². The largest absolute Gasteiger partial charge is 0.481 e. The van der Waals surface area contributed by atoms with E-state index in [1.807, 2.05) is 25.1 Å². The van der Waals surface area contributed by atoms with Crippen molar-refractivity contribution in [3.63, 3.8) is 0 Å². The van der Waals surface area contributed by atoms with Crippen molar-refractivity contribution in [3.8, 4) is 5.75 Å². The van der Waals surface area contributed by atoms with E-state index in [0.717, 1.165) is 5.56 Å². The molecule has 3 aromatic rings. The summed E-state index contributed by atoms with van der Waals surface area (Å²) in [7, 11) is -3.80. The molecule has 0 aliphatic carbocycles. The maximum Gasteiger partial charge on any atom is 0.265 e. The smallest absolute Gasteiger partial charge is 0.265 e. The van der Waals surface area contributed by atoms with Gasteiger partial charge in [-0.05, 0) is 80.4 Å². The van der Waals surface area contributed by atoms with Crippen LogP contribution >= 0.6 is 11.6 Å². The normalized spacial score (nSPS) is 12.1. The second kappa shape index (κ2) is 9.41. The second-order valence-electron chi connectivity index (χ2n) is 7.11. The van der Waals surface area contributed by atoms with Crippen LogP contribution in [0, 0.1) is 13.8 Å². The predicted octanol–water partition coefficient (Wildman–Crippen LogP) is 5.16. The first-order valence-corrected chi connectivity index (χ1v) is 11.4. The number of hydrogen-bond donors (Lipinski definition) is 2. The van der Waals surface area contributed by atoms with E-state index in [0.29, 0.717) is 27.7 Å². The number of rotatable bonds is 7. The Morgan fingerprint density at radius 1 is 1.00 bits per heavy atom. The first-order valence-electron chi connectivity index (χ1n) is 9.58. The molecule has 0 aliphatic heterocycles. The van der Waals surface area contributed by atoms with E-state index in [1.165, 1.54) is 24.3 Å². The van der Waals surface area contributed by atoms with Crippen molar-refractivity contribution in [1.29, 1.82) is 0 Å². The topological polar surface area (TPSA) is 84.5 Å². The van der Waals surface area contributed by atoms with Crippen molar-refractivity contribution >= 4 is 38.9 Å². The van der Waals surface area contributed by atoms with Crippen molar-refractivity contribution in [2.24, 2.45) is 0 Å². The molecule has 6 nitrogen and oxygen atoms in total. The number of nitrogens with one attached hydrogen (secondary N) is 2. The average molecular weight is 459 g/mol. The highest BCUT2D eigenvalue weighted by atomic mass is 35.5. The molecule has 1 atom stereocenters. The average Bonchev–Trinajstić information content (AvgIpc) is 2.71. The number of ether oxygens (including phenoxy) is 1. The minimum absolute atomic E-state index is 0.0638. The van der Waals surface area contributed by atoms with E-state index in [9.17, 15) is 13.2 Å². The van der Waals surface area contributed by atoms with Crippen LogP contribution in [0.4, 0.5) is 11.4 Å². The number of carbonyl (C=O) groups excluding carboxylic acids is 1. The van der Waals surface area contributed by atoms with Gasteiger partial charge in [-0.15, -0.1) is 0 Å². The van der Waals surface area contributed by atoms with Crippen LogP contribution in [0.2, 0.25) is 5.02 Å². The lowest BCUT2D eigenvalue weighted by Crippen LogP contribution is -2.30. The van der Waals surface area contributed by atoms with Gasteiger partial charge in [-0.2, -0.15) is 0 Å². The summed E-state index contributed by atoms with van der Waals surface area (Å²) in [6.45, 7) is 5.32. The molecule has 0 fully saturated rings. The molecule has 0 aliphatic rings. The Hall–Kier alpha value is -3.03. The molecular formula is C23H23ClN2O4S. The number of hydrogen-bond acceptors (Lipinski definition) is 4. The Kier molecular flexibility index (Phi) is 6.87. The van der Waals surface area contributed by atoms with Crippen molar-refractivity contribution in [2.75, 3.05) is 10.0 Å². The predicted molar refractivity (Wildman–Crippen MR) is 123 cm³/mol. The third-order valence-corrected chi connectivity index (χ3v) is 6.41. The number of amides is 1. The molecule has 162 valence electrons. The Bertz CT molecular complexity index is 1190. The van der Waals surface area contributed by atoms with E-state index in [4.69, 9.17) is 16.3 Å². The van der Waals surface area contributed by atoms with Crippen LogP contribution in [0.5, 0.6) is 5.75 Å². The molecular weight excluding hydrogens is 436 g/mol. The van der Waals surface area contributed by atoms with Crippen molar-refractivity contribution in [2.45, 2.75) is 31.8 Å². The Morgan fingerprint density at radius 2 is 1.68 bits per heavy atom. The van der Waals surface area contributed by atoms with E-state index in [2.05, 4.69) is 10.0 Å². The summed E-state index contributed by atoms with van der Waals surface area (Å²) in [4.78, 5) is 12.5. The van der Waals surface area contributed by atoms with Gasteiger partial charge in [0, 0.05) is 10.7 Å². The van der Waals surface area contributed by atoms with Gasteiger partial charge in [-0.3, -0.25) is 9.52 Å². The van der Waals surface area contributed by atoms with Crippen LogP contribution in [0.25, 0.3) is 0 Å². The van der Waals surface area contributed by atoms with E-state index in [1.54, 1.807) is 38.1 Å². The van der Waals surface area contributed by atoms with Crippen molar-refractivity contribution in [1.82, 2.24) is 0 Å². The van der Waals surface area contributed by atoms with Gasteiger partial charge < -0.3 is 10.1 Å². The summed E-state index contributed by atoms with van der Waals surface area (Å²) in [5.41, 5.74) is 2.54. The van der Waals surface area contributed by atoms with Crippen LogP contribution in [-0.2, 0) is 14.8 Å². The summed E-state index contributed by atoms with van der Waals surface area (Å²) in [6.07, 6.45) is -0.724. The number of carbonyl (C=O) groups is 1. The Labute approximate surface area is 187 Å². The van der Waals surface area contributed by atoms with Crippen LogP contribution in [0.15, 0.2) is 71.6 Å². The van der Waals surface area contributed by atoms with Crippen molar-refractivity contribution in [3.05, 3.63) is 82.9 Å². The second-order valence-corrected chi connectivity index (χ2v) is 9.20. The zero-order chi connectivity index (χ0) is 22.6. The minimum atomic E-state index is -3.80. The van der Waals surface area contributed by atoms with E-state index >= 15 is 0 Å². The van der Waals surface area contributed by atoms with Crippen LogP contribution in [-0.4, -0.2) is 20.4 Å². The molecule has 0 saturated carbocycles. The van der Waals surface area contributed by atoms with Gasteiger partial charge in [0.15, 0.2) is 6.10 Å². The molecule has 0 unspecified atom stereocenters. The molecule has 8 heteroatoms. The first-order chi connectivity index (χ1) is 14.7. The third-order valence-electron chi connectivity index (χ3n) is 4.62. The molecule has 31 heavy (non-hydrogen) atoms. The molecule has 0 spiro atoms. The Balaban J connectivity index is 1.66. The fourth-order valence-corrected chi connectivity index (χ4v) is 4.13. The lowest BCUT2D eigenvalue weighted by atomic mass is 10.2. The highest BCUT2D eigenvalue weighted by Crippen LogP contribution is 2.26. The molecule has 3 aromatic carbocycles. The summed E-state index contributed by atoms with van der Waals surface area (Å²) in [5.74, 6) is 0.260. The Morgan fingerprint density at radius 3 is 2.35 bits per heavy atom. The maximum atomic E-state index is 12.7. The SMILES string of the molecule is Cc1cccc(O[C@@H](C)C(=O)Nc2ccc(S(=O)(=O)Nc3cccc(Cl)c3C)cc2)c1. The zero-order valence-corrected chi connectivity index (χ0v) is 18.9. The summed E-state index contributed by atoms with van der Waals surface area (Å²) < 4.78 is 33.6. The summed E-state index contributed by atoms with van der Waals surface area (Å²) in [5, 5.41) is 3.20. The minimum Gasteiger partial charge on any atom is -0.481 e. The van der Waals surface area contributed by atoms with Gasteiger partial charge in [0.1, 0.15) is 5.75 Å². The zero-order valence-electron chi connectivity index (χ0n) is 17.3. The number of benzene rings is 3. The van der Waals surface area contributed by atoms with Gasteiger partial charge >= 0.3 is 0 Å². The van der Waals surface area contributed by atoms with Gasteiger partial charge in [-0.25, -0.2) is 8.42 Å². The van der Waals surface area contributed by atoms with Gasteiger partial charge in [0.05, 0.1) is 10.6 Å². The van der Waals surface area contributed by atoms with Crippen molar-refractivity contribution < 1.29 is 17.9 Å². The van der Waals surface area contributed by atoms with E-state index < -0.39 is 16.1 Å². The molecule has 0 bridgehead atoms. The standard InChI is InChI=1S/C23H23ClN2O4S/c1-15-6-4-7-19(14-15)30-17(3)23(27)25-18-10-12-20(13-11-18)31(28,29)26-22-9-5-8-21(24)16(22)2/h4-14,17,26H,1-3H3,(H,25,27)/t17-/m0/s1.